The van der Waals surface area contributed by atoms with Gasteiger partial charge in [-0.2, -0.15) is 5.10 Å². The van der Waals surface area contributed by atoms with Gasteiger partial charge in [0.25, 0.3) is 15.9 Å². The van der Waals surface area contributed by atoms with Crippen molar-refractivity contribution in [2.24, 2.45) is 5.10 Å². The Balaban J connectivity index is 1.80. The highest BCUT2D eigenvalue weighted by Crippen LogP contribution is 2.23. The maximum absolute atomic E-state index is 12.3. The number of thiophene rings is 1. The number of nitrogens with one attached hydrogen (secondary N) is 2. The molecule has 2 aromatic rings. The first kappa shape index (κ1) is 16.7. The summed E-state index contributed by atoms with van der Waals surface area (Å²) >= 11 is 1.12. The molecular formula is C16H17N3O3S2. The molecule has 6 nitrogen and oxygen atoms in total. The summed E-state index contributed by atoms with van der Waals surface area (Å²) in [6.07, 6.45) is 3.97. The second-order valence-electron chi connectivity index (χ2n) is 5.41. The lowest BCUT2D eigenvalue weighted by Gasteiger charge is -2.10. The van der Waals surface area contributed by atoms with Gasteiger partial charge in [0.1, 0.15) is 4.21 Å². The van der Waals surface area contributed by atoms with E-state index in [4.69, 9.17) is 0 Å². The lowest BCUT2D eigenvalue weighted by Crippen LogP contribution is -2.22. The van der Waals surface area contributed by atoms with Crippen LogP contribution in [-0.2, 0) is 10.0 Å². The highest BCUT2D eigenvalue weighted by atomic mass is 32.2. The van der Waals surface area contributed by atoms with Crippen molar-refractivity contribution in [1.29, 1.82) is 0 Å². The molecule has 1 saturated carbocycles. The number of carbonyl (C=O) groups excluding carboxylic acids is 1. The monoisotopic (exact) mass is 363 g/mol. The number of benzene rings is 1. The zero-order valence-corrected chi connectivity index (χ0v) is 14.5. The van der Waals surface area contributed by atoms with Crippen molar-refractivity contribution >= 4 is 38.7 Å². The standard InChI is InChI=1S/C16H17N3O3S2/c20-16(18-17-12-6-1-2-7-12)13-8-3-4-9-14(13)19-24(21,22)15-10-5-11-23-15/h3-5,8-11,19H,1-2,6-7H2,(H,18,20). The predicted octanol–water partition coefficient (Wildman–Crippen LogP) is 3.21. The maximum atomic E-state index is 12.3. The highest BCUT2D eigenvalue weighted by molar-refractivity contribution is 7.94. The molecule has 2 N–H and O–H groups in total. The normalized spacial score (nSPS) is 14.4. The SMILES string of the molecule is O=C(NN=C1CCCC1)c1ccccc1NS(=O)(=O)c1cccs1. The molecular weight excluding hydrogens is 346 g/mol. The van der Waals surface area contributed by atoms with E-state index < -0.39 is 15.9 Å². The number of sulfonamides is 1. The number of rotatable bonds is 5. The van der Waals surface area contributed by atoms with Crippen molar-refractivity contribution in [3.8, 4) is 0 Å². The first-order valence-corrected chi connectivity index (χ1v) is 9.94. The number of para-hydroxylation sites is 1. The minimum atomic E-state index is -3.70. The number of hydrogen-bond donors (Lipinski definition) is 2. The van der Waals surface area contributed by atoms with Crippen molar-refractivity contribution in [1.82, 2.24) is 5.43 Å². The van der Waals surface area contributed by atoms with E-state index in [1.807, 2.05) is 0 Å². The largest absolute Gasteiger partial charge is 0.278 e. The fourth-order valence-electron chi connectivity index (χ4n) is 2.47. The molecule has 1 aliphatic carbocycles. The Morgan fingerprint density at radius 2 is 1.83 bits per heavy atom. The lowest BCUT2D eigenvalue weighted by molar-refractivity contribution is 0.0955. The van der Waals surface area contributed by atoms with Gasteiger partial charge in [-0.1, -0.05) is 18.2 Å². The summed E-state index contributed by atoms with van der Waals surface area (Å²) in [5.41, 5.74) is 3.96. The van der Waals surface area contributed by atoms with Crippen molar-refractivity contribution < 1.29 is 13.2 Å². The molecule has 24 heavy (non-hydrogen) atoms. The van der Waals surface area contributed by atoms with Gasteiger partial charge in [-0.25, -0.2) is 13.8 Å². The summed E-state index contributed by atoms with van der Waals surface area (Å²) in [6.45, 7) is 0. The average molecular weight is 363 g/mol. The number of anilines is 1. The first-order valence-electron chi connectivity index (χ1n) is 7.57. The molecule has 1 aliphatic rings. The van der Waals surface area contributed by atoms with Crippen LogP contribution in [0, 0.1) is 0 Å². The second kappa shape index (κ2) is 7.14. The summed E-state index contributed by atoms with van der Waals surface area (Å²) in [5, 5.41) is 5.81. The van der Waals surface area contributed by atoms with Gasteiger partial charge in [0, 0.05) is 5.71 Å². The number of amides is 1. The van der Waals surface area contributed by atoms with E-state index in [1.165, 1.54) is 6.07 Å². The summed E-state index contributed by atoms with van der Waals surface area (Å²) in [6, 6.07) is 9.66. The van der Waals surface area contributed by atoms with Crippen molar-refractivity contribution in [2.75, 3.05) is 4.72 Å². The molecule has 1 amide bonds. The Hall–Kier alpha value is -2.19. The molecule has 0 spiro atoms. The Bertz CT molecular complexity index is 850. The van der Waals surface area contributed by atoms with Crippen LogP contribution in [0.2, 0.25) is 0 Å². The minimum absolute atomic E-state index is 0.198. The van der Waals surface area contributed by atoms with Gasteiger partial charge in [0.2, 0.25) is 0 Å². The molecule has 1 heterocycles. The van der Waals surface area contributed by atoms with Crippen molar-refractivity contribution in [3.63, 3.8) is 0 Å². The maximum Gasteiger partial charge on any atom is 0.273 e. The molecule has 3 rings (SSSR count). The predicted molar refractivity (Wildman–Crippen MR) is 94.9 cm³/mol. The fourth-order valence-corrected chi connectivity index (χ4v) is 4.54. The Morgan fingerprint density at radius 1 is 1.08 bits per heavy atom. The van der Waals surface area contributed by atoms with Crippen molar-refractivity contribution in [2.45, 2.75) is 29.9 Å². The Labute approximate surface area is 144 Å². The van der Waals surface area contributed by atoms with Crippen molar-refractivity contribution in [3.05, 3.63) is 47.3 Å². The van der Waals surface area contributed by atoms with Crippen LogP contribution in [0.25, 0.3) is 0 Å². The van der Waals surface area contributed by atoms with Crippen LogP contribution in [0.5, 0.6) is 0 Å². The van der Waals surface area contributed by atoms with Gasteiger partial charge in [-0.15, -0.1) is 11.3 Å². The summed E-state index contributed by atoms with van der Waals surface area (Å²) < 4.78 is 27.4. The summed E-state index contributed by atoms with van der Waals surface area (Å²) in [7, 11) is -3.70. The number of nitrogens with zero attached hydrogens (tertiary/aromatic N) is 1. The molecule has 0 atom stereocenters. The molecule has 0 aliphatic heterocycles. The molecule has 1 aromatic heterocycles. The van der Waals surface area contributed by atoms with Crippen LogP contribution < -0.4 is 10.1 Å². The van der Waals surface area contributed by atoms with E-state index in [9.17, 15) is 13.2 Å². The van der Waals surface area contributed by atoms with Gasteiger partial charge in [-0.05, 0) is 49.3 Å². The Kier molecular flexibility index (Phi) is 4.96. The molecule has 0 unspecified atom stereocenters. The summed E-state index contributed by atoms with van der Waals surface area (Å²) in [5.74, 6) is -0.432. The number of hydrazone groups is 1. The second-order valence-corrected chi connectivity index (χ2v) is 8.27. The fraction of sp³-hybridized carbons (Fsp3) is 0.250. The average Bonchev–Trinajstić information content (AvgIpc) is 3.26. The van der Waals surface area contributed by atoms with E-state index in [1.54, 1.807) is 35.7 Å². The smallest absolute Gasteiger partial charge is 0.273 e. The van der Waals surface area contributed by atoms with Crippen LogP contribution in [0.3, 0.4) is 0 Å². The topological polar surface area (TPSA) is 87.6 Å². The van der Waals surface area contributed by atoms with Gasteiger partial charge < -0.3 is 0 Å². The number of carbonyl (C=O) groups is 1. The zero-order chi connectivity index (χ0) is 17.0. The molecule has 0 saturated heterocycles. The van der Waals surface area contributed by atoms with E-state index in [-0.39, 0.29) is 15.5 Å². The molecule has 8 heteroatoms. The van der Waals surface area contributed by atoms with Crippen LogP contribution in [0.1, 0.15) is 36.0 Å². The van der Waals surface area contributed by atoms with E-state index in [0.29, 0.717) is 0 Å². The zero-order valence-electron chi connectivity index (χ0n) is 12.9. The first-order chi connectivity index (χ1) is 11.6. The molecule has 126 valence electrons. The van der Waals surface area contributed by atoms with E-state index in [0.717, 1.165) is 42.7 Å². The van der Waals surface area contributed by atoms with E-state index in [2.05, 4.69) is 15.2 Å². The Morgan fingerprint density at radius 3 is 2.54 bits per heavy atom. The lowest BCUT2D eigenvalue weighted by atomic mass is 10.2. The molecule has 1 fully saturated rings. The van der Waals surface area contributed by atoms with Crippen LogP contribution in [-0.4, -0.2) is 20.0 Å². The highest BCUT2D eigenvalue weighted by Gasteiger charge is 2.19. The van der Waals surface area contributed by atoms with Crippen LogP contribution in [0.15, 0.2) is 51.1 Å². The van der Waals surface area contributed by atoms with E-state index >= 15 is 0 Å². The molecule has 1 aromatic carbocycles. The number of hydrogen-bond acceptors (Lipinski definition) is 5. The third-order valence-corrected chi connectivity index (χ3v) is 6.44. The minimum Gasteiger partial charge on any atom is -0.278 e. The third-order valence-electron chi connectivity index (χ3n) is 3.67. The molecule has 0 bridgehead atoms. The van der Waals surface area contributed by atoms with Crippen LogP contribution >= 0.6 is 11.3 Å². The van der Waals surface area contributed by atoms with Gasteiger partial charge in [0.15, 0.2) is 0 Å². The third kappa shape index (κ3) is 3.82. The summed E-state index contributed by atoms with van der Waals surface area (Å²) in [4.78, 5) is 12.3. The van der Waals surface area contributed by atoms with Gasteiger partial charge >= 0.3 is 0 Å². The van der Waals surface area contributed by atoms with Gasteiger partial charge in [0.05, 0.1) is 11.3 Å². The molecule has 0 radical (unpaired) electrons. The quantitative estimate of drug-likeness (QED) is 0.800. The van der Waals surface area contributed by atoms with Crippen LogP contribution in [0.4, 0.5) is 5.69 Å². The van der Waals surface area contributed by atoms with Gasteiger partial charge in [-0.3, -0.25) is 9.52 Å².